The SMILES string of the molecule is O=C(Nc1ccccc1OC(F)(F)F)c1ccc[nH]1. The number of hydrogen-bond donors (Lipinski definition) is 2. The number of carbonyl (C=O) groups excluding carboxylic acids is 1. The van der Waals surface area contributed by atoms with Gasteiger partial charge in [-0.3, -0.25) is 4.79 Å². The Morgan fingerprint density at radius 2 is 1.89 bits per heavy atom. The lowest BCUT2D eigenvalue weighted by molar-refractivity contribution is -0.274. The summed E-state index contributed by atoms with van der Waals surface area (Å²) < 4.78 is 40.4. The highest BCUT2D eigenvalue weighted by molar-refractivity contribution is 6.03. The highest BCUT2D eigenvalue weighted by Gasteiger charge is 2.32. The van der Waals surface area contributed by atoms with Crippen molar-refractivity contribution in [2.45, 2.75) is 6.36 Å². The summed E-state index contributed by atoms with van der Waals surface area (Å²) >= 11 is 0. The van der Waals surface area contributed by atoms with Crippen molar-refractivity contribution in [3.05, 3.63) is 48.3 Å². The largest absolute Gasteiger partial charge is 0.573 e. The first-order valence-electron chi connectivity index (χ1n) is 5.25. The molecule has 0 unspecified atom stereocenters. The van der Waals surface area contributed by atoms with E-state index in [2.05, 4.69) is 15.0 Å². The molecule has 0 fully saturated rings. The molecule has 1 amide bonds. The fourth-order valence-corrected chi connectivity index (χ4v) is 1.44. The molecule has 0 spiro atoms. The van der Waals surface area contributed by atoms with Crippen molar-refractivity contribution < 1.29 is 22.7 Å². The van der Waals surface area contributed by atoms with Crippen LogP contribution in [0.15, 0.2) is 42.6 Å². The molecule has 100 valence electrons. The maximum absolute atomic E-state index is 12.2. The Labute approximate surface area is 106 Å². The Kier molecular flexibility index (Phi) is 3.46. The summed E-state index contributed by atoms with van der Waals surface area (Å²) in [6.45, 7) is 0. The molecule has 0 aliphatic carbocycles. The number of ether oxygens (including phenoxy) is 1. The van der Waals surface area contributed by atoms with Gasteiger partial charge in [-0.25, -0.2) is 0 Å². The van der Waals surface area contributed by atoms with Crippen LogP contribution >= 0.6 is 0 Å². The average molecular weight is 270 g/mol. The third-order valence-electron chi connectivity index (χ3n) is 2.20. The van der Waals surface area contributed by atoms with Crippen LogP contribution in [0.2, 0.25) is 0 Å². The lowest BCUT2D eigenvalue weighted by Crippen LogP contribution is -2.19. The number of nitrogens with one attached hydrogen (secondary N) is 2. The first-order chi connectivity index (χ1) is 8.96. The molecule has 1 aromatic carbocycles. The van der Waals surface area contributed by atoms with Crippen LogP contribution in [0.5, 0.6) is 5.75 Å². The number of carbonyl (C=O) groups is 1. The van der Waals surface area contributed by atoms with Crippen LogP contribution in [-0.4, -0.2) is 17.3 Å². The second-order valence-corrected chi connectivity index (χ2v) is 3.58. The van der Waals surface area contributed by atoms with Crippen molar-refractivity contribution in [2.75, 3.05) is 5.32 Å². The molecule has 19 heavy (non-hydrogen) atoms. The van der Waals surface area contributed by atoms with Crippen molar-refractivity contribution in [1.29, 1.82) is 0 Å². The molecule has 2 rings (SSSR count). The number of aromatic nitrogens is 1. The van der Waals surface area contributed by atoms with Crippen molar-refractivity contribution in [3.8, 4) is 5.75 Å². The molecule has 1 heterocycles. The molecule has 0 aliphatic heterocycles. The summed E-state index contributed by atoms with van der Waals surface area (Å²) in [5, 5.41) is 2.34. The van der Waals surface area contributed by atoms with E-state index in [-0.39, 0.29) is 11.4 Å². The summed E-state index contributed by atoms with van der Waals surface area (Å²) in [6.07, 6.45) is -3.28. The smallest absolute Gasteiger partial charge is 0.404 e. The third kappa shape index (κ3) is 3.51. The molecule has 0 saturated heterocycles. The quantitative estimate of drug-likeness (QED) is 0.900. The van der Waals surface area contributed by atoms with Gasteiger partial charge in [-0.1, -0.05) is 12.1 Å². The van der Waals surface area contributed by atoms with Gasteiger partial charge in [-0.05, 0) is 24.3 Å². The van der Waals surface area contributed by atoms with Crippen molar-refractivity contribution in [2.24, 2.45) is 0 Å². The number of rotatable bonds is 3. The topological polar surface area (TPSA) is 54.1 Å². The van der Waals surface area contributed by atoms with Gasteiger partial charge in [0, 0.05) is 6.20 Å². The van der Waals surface area contributed by atoms with E-state index in [9.17, 15) is 18.0 Å². The van der Waals surface area contributed by atoms with Crippen LogP contribution in [0.1, 0.15) is 10.5 Å². The molecule has 2 aromatic rings. The maximum atomic E-state index is 12.2. The highest BCUT2D eigenvalue weighted by Crippen LogP contribution is 2.30. The number of anilines is 1. The normalized spacial score (nSPS) is 11.1. The van der Waals surface area contributed by atoms with Crippen molar-refractivity contribution in [1.82, 2.24) is 4.98 Å². The zero-order chi connectivity index (χ0) is 13.9. The van der Waals surface area contributed by atoms with Crippen LogP contribution in [0.25, 0.3) is 0 Å². The third-order valence-corrected chi connectivity index (χ3v) is 2.20. The molecule has 4 nitrogen and oxygen atoms in total. The number of halogens is 3. The van der Waals surface area contributed by atoms with Gasteiger partial charge in [0.2, 0.25) is 0 Å². The number of amides is 1. The number of benzene rings is 1. The van der Waals surface area contributed by atoms with E-state index >= 15 is 0 Å². The predicted octanol–water partition coefficient (Wildman–Crippen LogP) is 3.17. The van der Waals surface area contributed by atoms with E-state index in [1.807, 2.05) is 0 Å². The second kappa shape index (κ2) is 5.05. The molecule has 0 radical (unpaired) electrons. The first kappa shape index (κ1) is 13.0. The van der Waals surface area contributed by atoms with Gasteiger partial charge in [0.25, 0.3) is 5.91 Å². The molecule has 2 N–H and O–H groups in total. The zero-order valence-corrected chi connectivity index (χ0v) is 9.49. The summed E-state index contributed by atoms with van der Waals surface area (Å²) in [5.74, 6) is -1.02. The standard InChI is InChI=1S/C12H9F3N2O2/c13-12(14,15)19-10-6-2-1-4-8(10)17-11(18)9-5-3-7-16-9/h1-7,16H,(H,17,18). The van der Waals surface area contributed by atoms with Gasteiger partial charge in [0.05, 0.1) is 5.69 Å². The second-order valence-electron chi connectivity index (χ2n) is 3.58. The van der Waals surface area contributed by atoms with Crippen LogP contribution in [0.4, 0.5) is 18.9 Å². The van der Waals surface area contributed by atoms with Gasteiger partial charge in [0.1, 0.15) is 5.69 Å². The van der Waals surface area contributed by atoms with Gasteiger partial charge < -0.3 is 15.0 Å². The van der Waals surface area contributed by atoms with Gasteiger partial charge in [-0.2, -0.15) is 0 Å². The Balaban J connectivity index is 2.18. The van der Waals surface area contributed by atoms with Gasteiger partial charge in [0.15, 0.2) is 5.75 Å². The minimum atomic E-state index is -4.81. The van der Waals surface area contributed by atoms with Gasteiger partial charge in [-0.15, -0.1) is 13.2 Å². The summed E-state index contributed by atoms with van der Waals surface area (Å²) in [6, 6.07) is 8.42. The Morgan fingerprint density at radius 3 is 2.53 bits per heavy atom. The van der Waals surface area contributed by atoms with E-state index < -0.39 is 18.0 Å². The lowest BCUT2D eigenvalue weighted by Gasteiger charge is -2.13. The van der Waals surface area contributed by atoms with Crippen LogP contribution in [-0.2, 0) is 0 Å². The number of aromatic amines is 1. The highest BCUT2D eigenvalue weighted by atomic mass is 19.4. The Bertz CT molecular complexity index is 565. The molecular formula is C12H9F3N2O2. The molecule has 0 aliphatic rings. The first-order valence-corrected chi connectivity index (χ1v) is 5.25. The minimum Gasteiger partial charge on any atom is -0.404 e. The molecule has 0 atom stereocenters. The van der Waals surface area contributed by atoms with E-state index in [0.717, 1.165) is 6.07 Å². The minimum absolute atomic E-state index is 0.0561. The van der Waals surface area contributed by atoms with E-state index in [0.29, 0.717) is 0 Å². The fraction of sp³-hybridized carbons (Fsp3) is 0.0833. The maximum Gasteiger partial charge on any atom is 0.573 e. The van der Waals surface area contributed by atoms with Crippen LogP contribution in [0, 0.1) is 0 Å². The monoisotopic (exact) mass is 270 g/mol. The summed E-state index contributed by atoms with van der Waals surface area (Å²) in [4.78, 5) is 14.4. The van der Waals surface area contributed by atoms with E-state index in [4.69, 9.17) is 0 Å². The average Bonchev–Trinajstić information content (AvgIpc) is 2.83. The number of hydrogen-bond acceptors (Lipinski definition) is 2. The molecule has 1 aromatic heterocycles. The van der Waals surface area contributed by atoms with Crippen molar-refractivity contribution >= 4 is 11.6 Å². The molecule has 0 bridgehead atoms. The Hall–Kier alpha value is -2.44. The molecular weight excluding hydrogens is 261 g/mol. The predicted molar refractivity (Wildman–Crippen MR) is 61.9 cm³/mol. The molecule has 7 heteroatoms. The number of para-hydroxylation sites is 2. The van der Waals surface area contributed by atoms with E-state index in [1.165, 1.54) is 30.5 Å². The van der Waals surface area contributed by atoms with Crippen LogP contribution < -0.4 is 10.1 Å². The number of H-pyrrole nitrogens is 1. The van der Waals surface area contributed by atoms with Crippen LogP contribution in [0.3, 0.4) is 0 Å². The molecule has 0 saturated carbocycles. The fourth-order valence-electron chi connectivity index (χ4n) is 1.44. The van der Waals surface area contributed by atoms with Gasteiger partial charge >= 0.3 is 6.36 Å². The van der Waals surface area contributed by atoms with Crippen molar-refractivity contribution in [3.63, 3.8) is 0 Å². The summed E-state index contributed by atoms with van der Waals surface area (Å²) in [7, 11) is 0. The Morgan fingerprint density at radius 1 is 1.16 bits per heavy atom. The number of alkyl halides is 3. The van der Waals surface area contributed by atoms with E-state index in [1.54, 1.807) is 6.07 Å². The lowest BCUT2D eigenvalue weighted by atomic mass is 10.3. The zero-order valence-electron chi connectivity index (χ0n) is 9.49. The summed E-state index contributed by atoms with van der Waals surface area (Å²) in [5.41, 5.74) is 0.182.